The van der Waals surface area contributed by atoms with Crippen LogP contribution in [-0.2, 0) is 0 Å². The van der Waals surface area contributed by atoms with Crippen molar-refractivity contribution in [1.29, 1.82) is 0 Å². The number of nitrogens with one attached hydrogen (secondary N) is 1. The number of halogens is 2. The fourth-order valence-corrected chi connectivity index (χ4v) is 5.18. The monoisotopic (exact) mass is 297 g/mol. The molecule has 4 saturated carbocycles. The first-order chi connectivity index (χ1) is 9.45. The van der Waals surface area contributed by atoms with Crippen LogP contribution in [0.25, 0.3) is 0 Å². The van der Waals surface area contributed by atoms with E-state index >= 15 is 0 Å². The number of rotatable bonds is 2. The van der Waals surface area contributed by atoms with E-state index in [1.54, 1.807) is 0 Å². The smallest absolute Gasteiger partial charge is 0.224 e. The lowest BCUT2D eigenvalue weighted by Gasteiger charge is -2.60. The predicted molar refractivity (Wildman–Crippen MR) is 73.0 cm³/mol. The fourth-order valence-electron chi connectivity index (χ4n) is 5.04. The van der Waals surface area contributed by atoms with Gasteiger partial charge in [0.1, 0.15) is 0 Å². The molecule has 4 bridgehead atoms. The Kier molecular flexibility index (Phi) is 2.58. The molecule has 4 nitrogen and oxygen atoms in total. The van der Waals surface area contributed by atoms with Gasteiger partial charge in [-0.05, 0) is 62.0 Å². The molecular weight excluding hydrogens is 281 g/mol. The highest BCUT2D eigenvalue weighted by Gasteiger charge is 2.57. The van der Waals surface area contributed by atoms with Gasteiger partial charge in [0.15, 0.2) is 11.6 Å². The molecule has 4 aliphatic carbocycles. The largest absolute Gasteiger partial charge is 0.390 e. The zero-order chi connectivity index (χ0) is 14.0. The highest BCUT2D eigenvalue weighted by Crippen LogP contribution is 2.58. The molecule has 0 aliphatic heterocycles. The van der Waals surface area contributed by atoms with Crippen molar-refractivity contribution in [1.82, 2.24) is 9.97 Å². The summed E-state index contributed by atoms with van der Waals surface area (Å²) in [5.41, 5.74) is -0.818. The van der Waals surface area contributed by atoms with Crippen molar-refractivity contribution in [3.8, 4) is 0 Å². The van der Waals surface area contributed by atoms with Gasteiger partial charge in [0.05, 0.1) is 11.8 Å². The Bertz CT molecular complexity index is 553. The van der Waals surface area contributed by atoms with Gasteiger partial charge in [0.2, 0.25) is 5.28 Å². The molecule has 0 spiro atoms. The van der Waals surface area contributed by atoms with Gasteiger partial charge in [0.25, 0.3) is 0 Å². The van der Waals surface area contributed by atoms with Gasteiger partial charge in [-0.25, -0.2) is 9.37 Å². The fraction of sp³-hybridized carbons (Fsp3) is 0.714. The maximum atomic E-state index is 13.8. The van der Waals surface area contributed by atoms with E-state index in [0.717, 1.165) is 31.9 Å². The molecule has 0 radical (unpaired) electrons. The number of aromatic nitrogens is 2. The van der Waals surface area contributed by atoms with E-state index in [1.807, 2.05) is 0 Å². The number of aliphatic hydroxyl groups is 1. The van der Waals surface area contributed by atoms with Gasteiger partial charge < -0.3 is 10.4 Å². The SMILES string of the molecule is OC12CC3CC(C1)CC(Nc1nc(Cl)ncc1F)(C3)C2. The molecule has 1 aromatic rings. The Morgan fingerprint density at radius 2 is 2.00 bits per heavy atom. The number of anilines is 1. The van der Waals surface area contributed by atoms with E-state index in [4.69, 9.17) is 11.6 Å². The summed E-state index contributed by atoms with van der Waals surface area (Å²) in [6, 6.07) is 0. The van der Waals surface area contributed by atoms with Gasteiger partial charge in [-0.15, -0.1) is 0 Å². The molecule has 2 N–H and O–H groups in total. The summed E-state index contributed by atoms with van der Waals surface area (Å²) < 4.78 is 13.8. The highest BCUT2D eigenvalue weighted by atomic mass is 35.5. The molecule has 2 atom stereocenters. The first kappa shape index (κ1) is 12.8. The van der Waals surface area contributed by atoms with Crippen LogP contribution >= 0.6 is 11.6 Å². The number of hydrogen-bond donors (Lipinski definition) is 2. The highest BCUT2D eigenvalue weighted by molar-refractivity contribution is 6.28. The Morgan fingerprint density at radius 3 is 2.65 bits per heavy atom. The van der Waals surface area contributed by atoms with Crippen LogP contribution in [0.4, 0.5) is 10.2 Å². The van der Waals surface area contributed by atoms with Crippen LogP contribution in [0.1, 0.15) is 38.5 Å². The third kappa shape index (κ3) is 1.99. The lowest BCUT2D eigenvalue weighted by molar-refractivity contribution is -0.127. The average Bonchev–Trinajstić information content (AvgIpc) is 2.30. The molecule has 4 aliphatic rings. The summed E-state index contributed by atoms with van der Waals surface area (Å²) in [7, 11) is 0. The Hall–Kier alpha value is -0.940. The van der Waals surface area contributed by atoms with Gasteiger partial charge in [-0.2, -0.15) is 4.98 Å². The summed E-state index contributed by atoms with van der Waals surface area (Å²) in [4.78, 5) is 7.60. The van der Waals surface area contributed by atoms with E-state index < -0.39 is 11.4 Å². The van der Waals surface area contributed by atoms with Crippen LogP contribution in [0.3, 0.4) is 0 Å². The quantitative estimate of drug-likeness (QED) is 0.824. The van der Waals surface area contributed by atoms with E-state index in [9.17, 15) is 9.50 Å². The first-order valence-corrected chi connectivity index (χ1v) is 7.52. The molecule has 5 rings (SSSR count). The summed E-state index contributed by atoms with van der Waals surface area (Å²) in [5, 5.41) is 14.0. The summed E-state index contributed by atoms with van der Waals surface area (Å²) in [6.45, 7) is 0. The Morgan fingerprint density at radius 1 is 1.30 bits per heavy atom. The van der Waals surface area contributed by atoms with Crippen molar-refractivity contribution in [3.63, 3.8) is 0 Å². The summed E-state index contributed by atoms with van der Waals surface area (Å²) in [6.07, 6.45) is 6.69. The van der Waals surface area contributed by atoms with Crippen LogP contribution in [0, 0.1) is 17.7 Å². The van der Waals surface area contributed by atoms with Crippen LogP contribution in [0.2, 0.25) is 5.28 Å². The second-order valence-corrected chi connectivity index (χ2v) is 7.26. The molecule has 2 unspecified atom stereocenters. The molecule has 20 heavy (non-hydrogen) atoms. The van der Waals surface area contributed by atoms with E-state index in [1.165, 1.54) is 6.42 Å². The van der Waals surface area contributed by atoms with Gasteiger partial charge in [-0.1, -0.05) is 0 Å². The number of hydrogen-bond acceptors (Lipinski definition) is 4. The molecule has 0 amide bonds. The predicted octanol–water partition coefficient (Wildman–Crippen LogP) is 2.76. The second kappa shape index (κ2) is 4.04. The van der Waals surface area contributed by atoms with Crippen LogP contribution < -0.4 is 5.32 Å². The van der Waals surface area contributed by atoms with E-state index in [2.05, 4.69) is 15.3 Å². The van der Waals surface area contributed by atoms with Crippen LogP contribution in [0.15, 0.2) is 6.20 Å². The Labute approximate surface area is 121 Å². The minimum absolute atomic E-state index is 0.0392. The average molecular weight is 298 g/mol. The van der Waals surface area contributed by atoms with Crippen molar-refractivity contribution >= 4 is 17.4 Å². The minimum atomic E-state index is -0.579. The maximum absolute atomic E-state index is 13.8. The topological polar surface area (TPSA) is 58.0 Å². The normalized spacial score (nSPS) is 42.0. The standard InChI is InChI=1S/C14H17ClFN3O/c15-12-17-6-10(16)11(18-12)19-13-2-8-1-9(3-13)5-14(20,4-8)7-13/h6,8-9,20H,1-5,7H2,(H,17,18,19). The molecule has 4 fully saturated rings. The zero-order valence-electron chi connectivity index (χ0n) is 11.1. The molecular formula is C14H17ClFN3O. The first-order valence-electron chi connectivity index (χ1n) is 7.14. The van der Waals surface area contributed by atoms with Gasteiger partial charge in [-0.3, -0.25) is 0 Å². The molecule has 108 valence electrons. The lowest BCUT2D eigenvalue weighted by Crippen LogP contribution is -2.62. The molecule has 0 aromatic carbocycles. The van der Waals surface area contributed by atoms with Crippen LogP contribution in [-0.4, -0.2) is 26.2 Å². The van der Waals surface area contributed by atoms with Gasteiger partial charge >= 0.3 is 0 Å². The third-order valence-corrected chi connectivity index (χ3v) is 5.31. The van der Waals surface area contributed by atoms with Crippen molar-refractivity contribution < 1.29 is 9.50 Å². The molecule has 1 heterocycles. The molecule has 6 heteroatoms. The van der Waals surface area contributed by atoms with Crippen molar-refractivity contribution in [2.24, 2.45) is 11.8 Å². The molecule has 0 saturated heterocycles. The van der Waals surface area contributed by atoms with Crippen molar-refractivity contribution in [2.45, 2.75) is 49.7 Å². The molecule has 1 aromatic heterocycles. The van der Waals surface area contributed by atoms with E-state index in [-0.39, 0.29) is 16.6 Å². The van der Waals surface area contributed by atoms with Crippen molar-refractivity contribution in [3.05, 3.63) is 17.3 Å². The second-order valence-electron chi connectivity index (χ2n) is 6.93. The summed E-state index contributed by atoms with van der Waals surface area (Å²) in [5.74, 6) is 0.746. The van der Waals surface area contributed by atoms with Crippen molar-refractivity contribution in [2.75, 3.05) is 5.32 Å². The van der Waals surface area contributed by atoms with Gasteiger partial charge in [0, 0.05) is 5.54 Å². The lowest BCUT2D eigenvalue weighted by atomic mass is 9.51. The number of nitrogens with zero attached hydrogens (tertiary/aromatic N) is 2. The van der Waals surface area contributed by atoms with Crippen LogP contribution in [0.5, 0.6) is 0 Å². The minimum Gasteiger partial charge on any atom is -0.390 e. The van der Waals surface area contributed by atoms with E-state index in [0.29, 0.717) is 18.3 Å². The third-order valence-electron chi connectivity index (χ3n) is 5.13. The zero-order valence-corrected chi connectivity index (χ0v) is 11.8. The maximum Gasteiger partial charge on any atom is 0.224 e. The Balaban J connectivity index is 1.66. The summed E-state index contributed by atoms with van der Waals surface area (Å²) >= 11 is 5.75.